The summed E-state index contributed by atoms with van der Waals surface area (Å²) in [5.74, 6) is -2.14. The number of sulfone groups is 1. The van der Waals surface area contributed by atoms with Gasteiger partial charge in [0.2, 0.25) is 5.91 Å². The van der Waals surface area contributed by atoms with E-state index in [1.54, 1.807) is 19.2 Å². The van der Waals surface area contributed by atoms with Gasteiger partial charge in [-0.3, -0.25) is 9.59 Å². The third-order valence-electron chi connectivity index (χ3n) is 4.14. The number of benzene rings is 1. The van der Waals surface area contributed by atoms with E-state index in [0.717, 1.165) is 11.8 Å². The highest BCUT2D eigenvalue weighted by Crippen LogP contribution is 2.41. The molecule has 0 spiro atoms. The van der Waals surface area contributed by atoms with Crippen molar-refractivity contribution < 1.29 is 23.1 Å². The van der Waals surface area contributed by atoms with Crippen LogP contribution in [0, 0.1) is 11.8 Å². The number of amides is 1. The van der Waals surface area contributed by atoms with E-state index >= 15 is 0 Å². The minimum absolute atomic E-state index is 0.188. The van der Waals surface area contributed by atoms with Crippen LogP contribution in [0.25, 0.3) is 0 Å². The van der Waals surface area contributed by atoms with Crippen molar-refractivity contribution in [3.63, 3.8) is 0 Å². The van der Waals surface area contributed by atoms with E-state index in [2.05, 4.69) is 0 Å². The molecule has 1 fully saturated rings. The number of carboxylic acids is 1. The summed E-state index contributed by atoms with van der Waals surface area (Å²) in [5.41, 5.74) is 0.802. The number of rotatable bonds is 5. The summed E-state index contributed by atoms with van der Waals surface area (Å²) in [6, 6.07) is 6.11. The van der Waals surface area contributed by atoms with Gasteiger partial charge in [-0.05, 0) is 31.0 Å². The van der Waals surface area contributed by atoms with Crippen LogP contribution >= 0.6 is 0 Å². The largest absolute Gasteiger partial charge is 0.481 e. The van der Waals surface area contributed by atoms with E-state index in [1.807, 2.05) is 6.92 Å². The van der Waals surface area contributed by atoms with Crippen molar-refractivity contribution in [2.45, 2.75) is 24.3 Å². The van der Waals surface area contributed by atoms with Gasteiger partial charge in [0.05, 0.1) is 22.8 Å². The van der Waals surface area contributed by atoms with Crippen molar-refractivity contribution in [3.8, 4) is 0 Å². The average molecular weight is 325 g/mol. The molecule has 1 aliphatic carbocycles. The fourth-order valence-corrected chi connectivity index (χ4v) is 3.04. The third kappa shape index (κ3) is 3.30. The molecule has 0 saturated heterocycles. The van der Waals surface area contributed by atoms with Crippen LogP contribution in [0.1, 0.15) is 24.9 Å². The quantitative estimate of drug-likeness (QED) is 0.882. The number of aliphatic carboxylic acids is 1. The molecular formula is C15H19NO5S. The van der Waals surface area contributed by atoms with Crippen LogP contribution in [0.5, 0.6) is 0 Å². The van der Waals surface area contributed by atoms with Gasteiger partial charge < -0.3 is 10.0 Å². The Hall–Kier alpha value is -1.89. The van der Waals surface area contributed by atoms with Crippen LogP contribution in [0.2, 0.25) is 0 Å². The van der Waals surface area contributed by atoms with E-state index in [1.165, 1.54) is 17.0 Å². The van der Waals surface area contributed by atoms with Crippen molar-refractivity contribution >= 4 is 21.7 Å². The molecule has 0 radical (unpaired) electrons. The van der Waals surface area contributed by atoms with Crippen molar-refractivity contribution in [1.29, 1.82) is 0 Å². The second-order valence-corrected chi connectivity index (χ2v) is 7.77. The molecule has 1 N–H and O–H groups in total. The Labute approximate surface area is 129 Å². The van der Waals surface area contributed by atoms with E-state index < -0.39 is 27.6 Å². The highest BCUT2D eigenvalue weighted by molar-refractivity contribution is 7.90. The summed E-state index contributed by atoms with van der Waals surface area (Å²) < 4.78 is 22.9. The summed E-state index contributed by atoms with van der Waals surface area (Å²) in [7, 11) is -1.61. The van der Waals surface area contributed by atoms with Gasteiger partial charge in [0.15, 0.2) is 9.84 Å². The van der Waals surface area contributed by atoms with Crippen LogP contribution in [-0.2, 0) is 19.4 Å². The van der Waals surface area contributed by atoms with Gasteiger partial charge in [-0.1, -0.05) is 12.1 Å². The lowest BCUT2D eigenvalue weighted by Crippen LogP contribution is -2.31. The molecule has 1 aromatic carbocycles. The molecule has 6 nitrogen and oxygen atoms in total. The smallest absolute Gasteiger partial charge is 0.307 e. The first-order valence-corrected chi connectivity index (χ1v) is 8.81. The molecule has 0 aliphatic heterocycles. The molecule has 0 heterocycles. The summed E-state index contributed by atoms with van der Waals surface area (Å²) in [4.78, 5) is 24.8. The van der Waals surface area contributed by atoms with Crippen molar-refractivity contribution in [2.75, 3.05) is 13.3 Å². The summed E-state index contributed by atoms with van der Waals surface area (Å²) in [6.07, 6.45) is 1.53. The summed E-state index contributed by atoms with van der Waals surface area (Å²) in [6.45, 7) is 1.82. The number of carbonyl (C=O) groups is 2. The maximum atomic E-state index is 12.2. The highest BCUT2D eigenvalue weighted by atomic mass is 32.2. The Morgan fingerprint density at radius 2 is 1.77 bits per heavy atom. The number of nitrogens with zero attached hydrogens (tertiary/aromatic N) is 1. The van der Waals surface area contributed by atoms with Gasteiger partial charge in [-0.15, -0.1) is 0 Å². The molecule has 22 heavy (non-hydrogen) atoms. The molecule has 2 rings (SSSR count). The topological polar surface area (TPSA) is 91.8 Å². The maximum absolute atomic E-state index is 12.2. The van der Waals surface area contributed by atoms with E-state index in [4.69, 9.17) is 5.11 Å². The molecule has 0 unspecified atom stereocenters. The fraction of sp³-hybridized carbons (Fsp3) is 0.467. The Balaban J connectivity index is 2.09. The standard InChI is InChI=1S/C15H19NO5S/c1-9(10-4-6-11(7-5-10)22(3,20)21)16(2)14(17)12-8-13(12)15(18)19/h4-7,9,12-13H,8H2,1-3H3,(H,18,19)/t9-,12+,13+/m1/s1. The molecule has 1 aliphatic rings. The van der Waals surface area contributed by atoms with E-state index in [9.17, 15) is 18.0 Å². The lowest BCUT2D eigenvalue weighted by atomic mass is 10.1. The van der Waals surface area contributed by atoms with Crippen molar-refractivity contribution in [2.24, 2.45) is 11.8 Å². The van der Waals surface area contributed by atoms with Gasteiger partial charge in [0.1, 0.15) is 0 Å². The zero-order valence-electron chi connectivity index (χ0n) is 12.7. The molecule has 120 valence electrons. The summed E-state index contributed by atoms with van der Waals surface area (Å²) >= 11 is 0. The zero-order valence-corrected chi connectivity index (χ0v) is 13.5. The van der Waals surface area contributed by atoms with Gasteiger partial charge in [0, 0.05) is 13.3 Å². The molecule has 1 aromatic rings. The second kappa shape index (κ2) is 5.72. The van der Waals surface area contributed by atoms with Gasteiger partial charge >= 0.3 is 5.97 Å². The Kier molecular flexibility index (Phi) is 4.28. The van der Waals surface area contributed by atoms with E-state index in [0.29, 0.717) is 6.42 Å². The van der Waals surface area contributed by atoms with E-state index in [-0.39, 0.29) is 16.8 Å². The average Bonchev–Trinajstić information content (AvgIpc) is 3.24. The molecule has 0 bridgehead atoms. The normalized spacial score (nSPS) is 22.0. The number of carbonyl (C=O) groups excluding carboxylic acids is 1. The Morgan fingerprint density at radius 1 is 1.23 bits per heavy atom. The SMILES string of the molecule is C[C@H](c1ccc(S(C)(=O)=O)cc1)N(C)C(=O)[C@H]1C[C@@H]1C(=O)O. The predicted octanol–water partition coefficient (Wildman–Crippen LogP) is 1.33. The lowest BCUT2D eigenvalue weighted by molar-refractivity contribution is -0.142. The molecular weight excluding hydrogens is 306 g/mol. The second-order valence-electron chi connectivity index (χ2n) is 5.75. The van der Waals surface area contributed by atoms with Crippen LogP contribution < -0.4 is 0 Å². The zero-order chi connectivity index (χ0) is 16.7. The molecule has 7 heteroatoms. The van der Waals surface area contributed by atoms with Gasteiger partial charge in [0.25, 0.3) is 0 Å². The first-order chi connectivity index (χ1) is 10.1. The Bertz CT molecular complexity index is 695. The highest BCUT2D eigenvalue weighted by Gasteiger charge is 2.49. The number of carboxylic acid groups (broad SMARTS) is 1. The first kappa shape index (κ1) is 16.5. The fourth-order valence-electron chi connectivity index (χ4n) is 2.41. The van der Waals surface area contributed by atoms with Gasteiger partial charge in [-0.25, -0.2) is 8.42 Å². The number of hydrogen-bond acceptors (Lipinski definition) is 4. The molecule has 1 saturated carbocycles. The predicted molar refractivity (Wildman–Crippen MR) is 80.0 cm³/mol. The molecule has 1 amide bonds. The van der Waals surface area contributed by atoms with Crippen LogP contribution in [-0.4, -0.2) is 43.6 Å². The third-order valence-corrected chi connectivity index (χ3v) is 5.27. The minimum Gasteiger partial charge on any atom is -0.481 e. The van der Waals surface area contributed by atoms with Crippen LogP contribution in [0.15, 0.2) is 29.2 Å². The molecule has 3 atom stereocenters. The van der Waals surface area contributed by atoms with Gasteiger partial charge in [-0.2, -0.15) is 0 Å². The van der Waals surface area contributed by atoms with Crippen molar-refractivity contribution in [1.82, 2.24) is 4.90 Å². The monoisotopic (exact) mass is 325 g/mol. The van der Waals surface area contributed by atoms with Crippen molar-refractivity contribution in [3.05, 3.63) is 29.8 Å². The first-order valence-electron chi connectivity index (χ1n) is 6.92. The molecule has 0 aromatic heterocycles. The summed E-state index contributed by atoms with van der Waals surface area (Å²) in [5, 5.41) is 8.89. The number of hydrogen-bond donors (Lipinski definition) is 1. The maximum Gasteiger partial charge on any atom is 0.307 e. The minimum atomic E-state index is -3.25. The van der Waals surface area contributed by atoms with Crippen LogP contribution in [0.4, 0.5) is 0 Å². The Morgan fingerprint density at radius 3 is 2.18 bits per heavy atom. The van der Waals surface area contributed by atoms with Crippen LogP contribution in [0.3, 0.4) is 0 Å². The lowest BCUT2D eigenvalue weighted by Gasteiger charge is -2.25.